The molecule has 0 saturated heterocycles. The van der Waals surface area contributed by atoms with Gasteiger partial charge in [-0.3, -0.25) is 10.1 Å². The Labute approximate surface area is 163 Å². The van der Waals surface area contributed by atoms with E-state index in [9.17, 15) is 9.18 Å². The summed E-state index contributed by atoms with van der Waals surface area (Å²) in [4.78, 5) is 12.2. The largest absolute Gasteiger partial charge is 0.401 e. The quantitative estimate of drug-likeness (QED) is 0.563. The summed E-state index contributed by atoms with van der Waals surface area (Å²) in [5.41, 5.74) is 2.07. The average molecular weight is 399 g/mol. The van der Waals surface area contributed by atoms with Gasteiger partial charge in [-0.25, -0.2) is 9.07 Å². The first kappa shape index (κ1) is 17.8. The summed E-state index contributed by atoms with van der Waals surface area (Å²) in [6, 6.07) is 12.1. The number of anilines is 1. The molecule has 0 spiro atoms. The average Bonchev–Trinajstić information content (AvgIpc) is 3.29. The van der Waals surface area contributed by atoms with E-state index >= 15 is 0 Å². The standard InChI is InChI=1S/C18H12ClFN6O2/c1-10-15(22-25-26(10)14-8-4-12(19)5-9-14)17-23-24-18(28-17)21-16(27)11-2-6-13(20)7-3-11/h2-9H,1H3,(H,21,24,27). The number of carbonyl (C=O) groups is 1. The zero-order chi connectivity index (χ0) is 19.7. The van der Waals surface area contributed by atoms with Crippen LogP contribution in [0.4, 0.5) is 10.4 Å². The van der Waals surface area contributed by atoms with Gasteiger partial charge in [0.1, 0.15) is 5.82 Å². The molecule has 140 valence electrons. The van der Waals surface area contributed by atoms with Gasteiger partial charge in [0.15, 0.2) is 5.69 Å². The van der Waals surface area contributed by atoms with Gasteiger partial charge in [-0.2, -0.15) is 0 Å². The van der Waals surface area contributed by atoms with E-state index in [1.807, 2.05) is 0 Å². The molecular weight excluding hydrogens is 387 g/mol. The zero-order valence-electron chi connectivity index (χ0n) is 14.4. The van der Waals surface area contributed by atoms with Crippen LogP contribution in [0.5, 0.6) is 0 Å². The molecule has 10 heteroatoms. The Morgan fingerprint density at radius 2 is 1.79 bits per heavy atom. The second kappa shape index (κ2) is 7.20. The van der Waals surface area contributed by atoms with Gasteiger partial charge in [0.05, 0.1) is 11.4 Å². The van der Waals surface area contributed by atoms with Gasteiger partial charge >= 0.3 is 6.01 Å². The number of aromatic nitrogens is 5. The Balaban J connectivity index is 1.55. The molecule has 0 aliphatic rings. The van der Waals surface area contributed by atoms with Crippen molar-refractivity contribution in [3.63, 3.8) is 0 Å². The van der Waals surface area contributed by atoms with Crippen LogP contribution in [-0.4, -0.2) is 31.1 Å². The number of benzene rings is 2. The highest BCUT2D eigenvalue weighted by Gasteiger charge is 2.19. The van der Waals surface area contributed by atoms with Crippen LogP contribution in [0.15, 0.2) is 52.9 Å². The van der Waals surface area contributed by atoms with Crippen molar-refractivity contribution in [3.05, 3.63) is 70.6 Å². The summed E-state index contributed by atoms with van der Waals surface area (Å²) in [5.74, 6) is -0.834. The van der Waals surface area contributed by atoms with Gasteiger partial charge in [0, 0.05) is 10.6 Å². The number of nitrogens with one attached hydrogen (secondary N) is 1. The molecule has 0 aliphatic carbocycles. The molecular formula is C18H12ClFN6O2. The predicted molar refractivity (Wildman–Crippen MR) is 98.8 cm³/mol. The first-order chi connectivity index (χ1) is 13.5. The molecule has 2 aromatic carbocycles. The minimum Gasteiger partial charge on any atom is -0.401 e. The highest BCUT2D eigenvalue weighted by Crippen LogP contribution is 2.23. The SMILES string of the molecule is Cc1c(-c2nnc(NC(=O)c3ccc(F)cc3)o2)nnn1-c1ccc(Cl)cc1. The second-order valence-electron chi connectivity index (χ2n) is 5.79. The van der Waals surface area contributed by atoms with Crippen LogP contribution in [0.25, 0.3) is 17.3 Å². The number of amides is 1. The molecule has 0 saturated carbocycles. The number of rotatable bonds is 4. The summed E-state index contributed by atoms with van der Waals surface area (Å²) in [7, 11) is 0. The molecule has 0 aliphatic heterocycles. The number of halogens is 2. The molecule has 2 heterocycles. The summed E-state index contributed by atoms with van der Waals surface area (Å²) in [6.07, 6.45) is 0. The lowest BCUT2D eigenvalue weighted by Crippen LogP contribution is -2.12. The lowest BCUT2D eigenvalue weighted by atomic mass is 10.2. The van der Waals surface area contributed by atoms with Crippen molar-refractivity contribution < 1.29 is 13.6 Å². The van der Waals surface area contributed by atoms with E-state index in [4.69, 9.17) is 16.0 Å². The van der Waals surface area contributed by atoms with Gasteiger partial charge in [-0.05, 0) is 55.5 Å². The minimum absolute atomic E-state index is 0.104. The third-order valence-corrected chi connectivity index (χ3v) is 4.17. The van der Waals surface area contributed by atoms with Crippen LogP contribution in [0, 0.1) is 12.7 Å². The summed E-state index contributed by atoms with van der Waals surface area (Å²) >= 11 is 5.90. The van der Waals surface area contributed by atoms with E-state index in [1.165, 1.54) is 24.3 Å². The fourth-order valence-corrected chi connectivity index (χ4v) is 2.62. The fraction of sp³-hybridized carbons (Fsp3) is 0.0556. The van der Waals surface area contributed by atoms with Crippen molar-refractivity contribution in [2.45, 2.75) is 6.92 Å². The van der Waals surface area contributed by atoms with E-state index in [0.717, 1.165) is 5.69 Å². The highest BCUT2D eigenvalue weighted by molar-refractivity contribution is 6.30. The number of hydrogen-bond acceptors (Lipinski definition) is 6. The van der Waals surface area contributed by atoms with Gasteiger partial charge in [-0.15, -0.1) is 10.2 Å². The molecule has 0 unspecified atom stereocenters. The third kappa shape index (κ3) is 3.47. The third-order valence-electron chi connectivity index (χ3n) is 3.92. The summed E-state index contributed by atoms with van der Waals surface area (Å²) in [5, 5.41) is 18.9. The summed E-state index contributed by atoms with van der Waals surface area (Å²) < 4.78 is 20.0. The minimum atomic E-state index is -0.503. The maximum Gasteiger partial charge on any atom is 0.322 e. The normalized spacial score (nSPS) is 10.8. The van der Waals surface area contributed by atoms with Crippen molar-refractivity contribution >= 4 is 23.5 Å². The second-order valence-corrected chi connectivity index (χ2v) is 6.22. The Morgan fingerprint density at radius 1 is 1.07 bits per heavy atom. The first-order valence-electron chi connectivity index (χ1n) is 8.10. The molecule has 0 bridgehead atoms. The van der Waals surface area contributed by atoms with Crippen LogP contribution in [0.1, 0.15) is 16.1 Å². The Morgan fingerprint density at radius 3 is 2.50 bits per heavy atom. The maximum atomic E-state index is 13.0. The van der Waals surface area contributed by atoms with Crippen LogP contribution in [0.3, 0.4) is 0 Å². The molecule has 0 fully saturated rings. The van der Waals surface area contributed by atoms with Crippen molar-refractivity contribution in [1.29, 1.82) is 0 Å². The smallest absolute Gasteiger partial charge is 0.322 e. The van der Waals surface area contributed by atoms with Crippen molar-refractivity contribution in [1.82, 2.24) is 25.2 Å². The Bertz CT molecular complexity index is 1140. The maximum absolute atomic E-state index is 13.0. The Hall–Kier alpha value is -3.59. The highest BCUT2D eigenvalue weighted by atomic mass is 35.5. The van der Waals surface area contributed by atoms with E-state index in [-0.39, 0.29) is 17.5 Å². The number of hydrogen-bond donors (Lipinski definition) is 1. The monoisotopic (exact) mass is 398 g/mol. The van der Waals surface area contributed by atoms with Crippen molar-refractivity contribution in [2.24, 2.45) is 0 Å². The van der Waals surface area contributed by atoms with Crippen molar-refractivity contribution in [3.8, 4) is 17.3 Å². The van der Waals surface area contributed by atoms with Crippen LogP contribution >= 0.6 is 11.6 Å². The zero-order valence-corrected chi connectivity index (χ0v) is 15.2. The molecule has 0 atom stereocenters. The number of carbonyl (C=O) groups excluding carboxylic acids is 1. The molecule has 4 rings (SSSR count). The van der Waals surface area contributed by atoms with Crippen molar-refractivity contribution in [2.75, 3.05) is 5.32 Å². The molecule has 1 amide bonds. The molecule has 0 radical (unpaired) electrons. The Kier molecular flexibility index (Phi) is 4.58. The molecule has 4 aromatic rings. The van der Waals surface area contributed by atoms with Gasteiger partial charge in [0.2, 0.25) is 0 Å². The predicted octanol–water partition coefficient (Wildman–Crippen LogP) is 3.67. The molecule has 1 N–H and O–H groups in total. The van der Waals surface area contributed by atoms with E-state index in [2.05, 4.69) is 25.8 Å². The topological polar surface area (TPSA) is 98.7 Å². The summed E-state index contributed by atoms with van der Waals surface area (Å²) in [6.45, 7) is 1.80. The van der Waals surface area contributed by atoms with Gasteiger partial charge in [-0.1, -0.05) is 21.9 Å². The molecule has 8 nitrogen and oxygen atoms in total. The molecule has 2 aromatic heterocycles. The lowest BCUT2D eigenvalue weighted by Gasteiger charge is -2.02. The van der Waals surface area contributed by atoms with E-state index in [0.29, 0.717) is 16.4 Å². The van der Waals surface area contributed by atoms with E-state index < -0.39 is 11.7 Å². The van der Waals surface area contributed by atoms with Gasteiger partial charge in [0.25, 0.3) is 11.8 Å². The fourth-order valence-electron chi connectivity index (χ4n) is 2.49. The van der Waals surface area contributed by atoms with Crippen LogP contribution in [0.2, 0.25) is 5.02 Å². The lowest BCUT2D eigenvalue weighted by molar-refractivity contribution is 0.102. The van der Waals surface area contributed by atoms with E-state index in [1.54, 1.807) is 35.9 Å². The van der Waals surface area contributed by atoms with Crippen LogP contribution in [-0.2, 0) is 0 Å². The first-order valence-corrected chi connectivity index (χ1v) is 8.48. The van der Waals surface area contributed by atoms with Crippen LogP contribution < -0.4 is 5.32 Å². The molecule has 28 heavy (non-hydrogen) atoms. The number of nitrogens with zero attached hydrogens (tertiary/aromatic N) is 5. The van der Waals surface area contributed by atoms with Gasteiger partial charge < -0.3 is 4.42 Å².